The number of ether oxygens (including phenoxy) is 2. The predicted octanol–water partition coefficient (Wildman–Crippen LogP) is 4.66. The number of carbonyl (C=O) groups excluding carboxylic acids is 1. The maximum absolute atomic E-state index is 12.9. The van der Waals surface area contributed by atoms with Crippen molar-refractivity contribution in [2.75, 3.05) is 13.2 Å². The van der Waals surface area contributed by atoms with Gasteiger partial charge in [0.1, 0.15) is 0 Å². The molecule has 7 nitrogen and oxygen atoms in total. The minimum absolute atomic E-state index is 0.146. The van der Waals surface area contributed by atoms with Gasteiger partial charge in [-0.15, -0.1) is 0 Å². The number of hydrogen-bond donors (Lipinski definition) is 1. The van der Waals surface area contributed by atoms with Crippen LogP contribution in [0.2, 0.25) is 0 Å². The van der Waals surface area contributed by atoms with Crippen molar-refractivity contribution in [1.29, 1.82) is 0 Å². The van der Waals surface area contributed by atoms with Crippen LogP contribution in [0.15, 0.2) is 53.3 Å². The lowest BCUT2D eigenvalue weighted by Crippen LogP contribution is -2.32. The third kappa shape index (κ3) is 4.97. The van der Waals surface area contributed by atoms with Gasteiger partial charge >= 0.3 is 0 Å². The first-order chi connectivity index (χ1) is 14.5. The molecule has 1 N–H and O–H groups in total. The number of aromatic nitrogens is 2. The molecule has 0 aliphatic heterocycles. The van der Waals surface area contributed by atoms with E-state index in [1.807, 2.05) is 45.9 Å². The van der Waals surface area contributed by atoms with Gasteiger partial charge in [0.2, 0.25) is 0 Å². The third-order valence-electron chi connectivity index (χ3n) is 4.59. The van der Waals surface area contributed by atoms with Crippen molar-refractivity contribution in [1.82, 2.24) is 15.5 Å². The summed E-state index contributed by atoms with van der Waals surface area (Å²) in [6.07, 6.45) is 3.32. The summed E-state index contributed by atoms with van der Waals surface area (Å²) >= 11 is 0. The number of benzene rings is 1. The second kappa shape index (κ2) is 9.91. The van der Waals surface area contributed by atoms with Crippen molar-refractivity contribution < 1.29 is 18.8 Å². The van der Waals surface area contributed by atoms with Crippen molar-refractivity contribution >= 4 is 5.91 Å². The summed E-state index contributed by atoms with van der Waals surface area (Å²) in [7, 11) is 0. The Labute approximate surface area is 176 Å². The average Bonchev–Trinajstić information content (AvgIpc) is 3.24. The molecule has 0 saturated carbocycles. The Balaban J connectivity index is 1.81. The molecule has 0 aliphatic carbocycles. The lowest BCUT2D eigenvalue weighted by molar-refractivity contribution is 0.0916. The van der Waals surface area contributed by atoms with Gasteiger partial charge in [-0.1, -0.05) is 25.1 Å². The monoisotopic (exact) mass is 409 g/mol. The van der Waals surface area contributed by atoms with Crippen LogP contribution in [0.1, 0.15) is 49.8 Å². The Morgan fingerprint density at radius 3 is 2.40 bits per heavy atom. The number of hydrogen-bond acceptors (Lipinski definition) is 6. The molecule has 0 radical (unpaired) electrons. The third-order valence-corrected chi connectivity index (χ3v) is 4.59. The molecule has 7 heteroatoms. The van der Waals surface area contributed by atoms with Crippen molar-refractivity contribution in [3.63, 3.8) is 0 Å². The first-order valence-electron chi connectivity index (χ1n) is 10.1. The van der Waals surface area contributed by atoms with Gasteiger partial charge in [-0.3, -0.25) is 9.78 Å². The quantitative estimate of drug-likeness (QED) is 0.553. The van der Waals surface area contributed by atoms with E-state index in [2.05, 4.69) is 15.5 Å². The average molecular weight is 409 g/mol. The lowest BCUT2D eigenvalue weighted by atomic mass is 9.95. The molecule has 2 aromatic heterocycles. The number of pyridine rings is 1. The molecule has 3 aromatic rings. The molecular weight excluding hydrogens is 382 g/mol. The largest absolute Gasteiger partial charge is 0.490 e. The van der Waals surface area contributed by atoms with Crippen molar-refractivity contribution in [3.05, 3.63) is 60.0 Å². The predicted molar refractivity (Wildman–Crippen MR) is 114 cm³/mol. The first kappa shape index (κ1) is 21.4. The van der Waals surface area contributed by atoms with E-state index in [1.54, 1.807) is 30.6 Å². The molecule has 1 aromatic carbocycles. The van der Waals surface area contributed by atoms with E-state index < -0.39 is 0 Å². The zero-order chi connectivity index (χ0) is 21.5. The van der Waals surface area contributed by atoms with E-state index in [0.29, 0.717) is 30.5 Å². The summed E-state index contributed by atoms with van der Waals surface area (Å²) in [5.74, 6) is 1.72. The maximum atomic E-state index is 12.9. The van der Waals surface area contributed by atoms with Crippen LogP contribution in [0.4, 0.5) is 0 Å². The van der Waals surface area contributed by atoms with Gasteiger partial charge in [-0.25, -0.2) is 0 Å². The van der Waals surface area contributed by atoms with Gasteiger partial charge < -0.3 is 19.3 Å². The number of nitrogens with one attached hydrogen (secondary N) is 1. The van der Waals surface area contributed by atoms with Crippen LogP contribution in [-0.2, 0) is 0 Å². The normalized spacial score (nSPS) is 11.9. The zero-order valence-corrected chi connectivity index (χ0v) is 17.7. The van der Waals surface area contributed by atoms with Crippen molar-refractivity contribution in [3.8, 4) is 22.8 Å². The van der Waals surface area contributed by atoms with E-state index in [4.69, 9.17) is 14.0 Å². The van der Waals surface area contributed by atoms with Crippen molar-refractivity contribution in [2.24, 2.45) is 5.92 Å². The molecule has 1 amide bonds. The standard InChI is InChI=1S/C23H27N3O4/c1-5-28-19-8-7-17(13-21(19)29-6-2)22(15(3)4)25-23(27)18-14-20(30-26-18)16-9-11-24-12-10-16/h7-15,22H,5-6H2,1-4H3,(H,25,27). The molecule has 0 fully saturated rings. The Morgan fingerprint density at radius 1 is 1.03 bits per heavy atom. The molecular formula is C23H27N3O4. The van der Waals surface area contributed by atoms with Crippen LogP contribution in [0.5, 0.6) is 11.5 Å². The van der Waals surface area contributed by atoms with Crippen LogP contribution >= 0.6 is 0 Å². The highest BCUT2D eigenvalue weighted by molar-refractivity contribution is 5.93. The summed E-state index contributed by atoms with van der Waals surface area (Å²) in [4.78, 5) is 16.8. The number of nitrogens with zero attached hydrogens (tertiary/aromatic N) is 2. The molecule has 0 spiro atoms. The second-order valence-electron chi connectivity index (χ2n) is 7.08. The Morgan fingerprint density at radius 2 is 1.73 bits per heavy atom. The second-order valence-corrected chi connectivity index (χ2v) is 7.08. The molecule has 1 unspecified atom stereocenters. The topological polar surface area (TPSA) is 86.5 Å². The highest BCUT2D eigenvalue weighted by Gasteiger charge is 2.23. The highest BCUT2D eigenvalue weighted by atomic mass is 16.5. The first-order valence-corrected chi connectivity index (χ1v) is 10.1. The molecule has 0 bridgehead atoms. The van der Waals surface area contributed by atoms with Gasteiger partial charge in [0.25, 0.3) is 5.91 Å². The Kier molecular flexibility index (Phi) is 7.06. The zero-order valence-electron chi connectivity index (χ0n) is 17.7. The molecule has 3 rings (SSSR count). The summed E-state index contributed by atoms with van der Waals surface area (Å²) in [6.45, 7) is 9.03. The number of amides is 1. The van der Waals surface area contributed by atoms with E-state index in [-0.39, 0.29) is 23.6 Å². The van der Waals surface area contributed by atoms with E-state index in [0.717, 1.165) is 11.1 Å². The van der Waals surface area contributed by atoms with E-state index in [9.17, 15) is 4.79 Å². The van der Waals surface area contributed by atoms with Crippen LogP contribution in [-0.4, -0.2) is 29.3 Å². The summed E-state index contributed by atoms with van der Waals surface area (Å²) in [6, 6.07) is 10.7. The van der Waals surface area contributed by atoms with Crippen LogP contribution in [0.3, 0.4) is 0 Å². The van der Waals surface area contributed by atoms with Gasteiger partial charge in [-0.05, 0) is 49.6 Å². The molecule has 158 valence electrons. The Hall–Kier alpha value is -3.35. The number of rotatable bonds is 9. The Bertz CT molecular complexity index is 970. The molecule has 1 atom stereocenters. The smallest absolute Gasteiger partial charge is 0.273 e. The highest BCUT2D eigenvalue weighted by Crippen LogP contribution is 2.33. The van der Waals surface area contributed by atoms with Gasteiger partial charge in [-0.2, -0.15) is 0 Å². The lowest BCUT2D eigenvalue weighted by Gasteiger charge is -2.23. The fourth-order valence-corrected chi connectivity index (χ4v) is 3.15. The van der Waals surface area contributed by atoms with Crippen LogP contribution in [0, 0.1) is 5.92 Å². The fourth-order valence-electron chi connectivity index (χ4n) is 3.15. The van der Waals surface area contributed by atoms with Crippen LogP contribution in [0.25, 0.3) is 11.3 Å². The summed E-state index contributed by atoms with van der Waals surface area (Å²) in [5, 5.41) is 7.00. The van der Waals surface area contributed by atoms with Gasteiger partial charge in [0.15, 0.2) is 23.0 Å². The van der Waals surface area contributed by atoms with Crippen LogP contribution < -0.4 is 14.8 Å². The summed E-state index contributed by atoms with van der Waals surface area (Å²) < 4.78 is 16.7. The van der Waals surface area contributed by atoms with E-state index >= 15 is 0 Å². The molecule has 0 saturated heterocycles. The fraction of sp³-hybridized carbons (Fsp3) is 0.348. The number of carbonyl (C=O) groups is 1. The molecule has 0 aliphatic rings. The van der Waals surface area contributed by atoms with Gasteiger partial charge in [0.05, 0.1) is 19.3 Å². The maximum Gasteiger partial charge on any atom is 0.273 e. The van der Waals surface area contributed by atoms with Crippen molar-refractivity contribution in [2.45, 2.75) is 33.7 Å². The van der Waals surface area contributed by atoms with Gasteiger partial charge in [0, 0.05) is 24.0 Å². The molecule has 2 heterocycles. The summed E-state index contributed by atoms with van der Waals surface area (Å²) in [5.41, 5.74) is 1.97. The minimum Gasteiger partial charge on any atom is -0.490 e. The van der Waals surface area contributed by atoms with E-state index in [1.165, 1.54) is 0 Å². The SMILES string of the molecule is CCOc1ccc(C(NC(=O)c2cc(-c3ccncc3)on2)C(C)C)cc1OCC. The minimum atomic E-state index is -0.301. The molecule has 30 heavy (non-hydrogen) atoms.